The molecule has 2 aromatic heterocycles. The van der Waals surface area contributed by atoms with E-state index >= 15 is 0 Å². The molecule has 0 atom stereocenters. The van der Waals surface area contributed by atoms with Crippen LogP contribution in [-0.4, -0.2) is 48.4 Å². The van der Waals surface area contributed by atoms with Crippen molar-refractivity contribution in [3.05, 3.63) is 36.0 Å². The van der Waals surface area contributed by atoms with Gasteiger partial charge >= 0.3 is 0 Å². The normalized spacial score (nSPS) is 14.6. The number of hydrogen-bond acceptors (Lipinski definition) is 7. The Balaban J connectivity index is 1.73. The van der Waals surface area contributed by atoms with Gasteiger partial charge in [0.2, 0.25) is 5.91 Å². The van der Waals surface area contributed by atoms with E-state index in [0.717, 1.165) is 21.5 Å². The van der Waals surface area contributed by atoms with Crippen LogP contribution in [0.2, 0.25) is 0 Å². The van der Waals surface area contributed by atoms with Crippen molar-refractivity contribution in [3.8, 4) is 16.3 Å². The van der Waals surface area contributed by atoms with Crippen LogP contribution in [0.15, 0.2) is 36.0 Å². The minimum absolute atomic E-state index is 0.0352. The summed E-state index contributed by atoms with van der Waals surface area (Å²) in [5.41, 5.74) is 3.53. The van der Waals surface area contributed by atoms with Crippen LogP contribution < -0.4 is 10.1 Å². The van der Waals surface area contributed by atoms with E-state index in [4.69, 9.17) is 19.2 Å². The van der Waals surface area contributed by atoms with Gasteiger partial charge in [-0.3, -0.25) is 9.78 Å². The molecule has 1 aliphatic heterocycles. The summed E-state index contributed by atoms with van der Waals surface area (Å²) in [6.07, 6.45) is 1.79. The van der Waals surface area contributed by atoms with Gasteiger partial charge in [0.15, 0.2) is 0 Å². The second-order valence-corrected chi connectivity index (χ2v) is 8.51. The summed E-state index contributed by atoms with van der Waals surface area (Å²) >= 11 is 1.52. The molecule has 0 radical (unpaired) electrons. The zero-order valence-corrected chi connectivity index (χ0v) is 17.4. The second kappa shape index (κ2) is 8.06. The van der Waals surface area contributed by atoms with Crippen molar-refractivity contribution in [2.75, 3.05) is 32.2 Å². The highest BCUT2D eigenvalue weighted by molar-refractivity contribution is 7.13. The summed E-state index contributed by atoms with van der Waals surface area (Å²) in [4.78, 5) is 22.2. The molecule has 0 aliphatic carbocycles. The van der Waals surface area contributed by atoms with Crippen LogP contribution >= 0.6 is 11.3 Å². The van der Waals surface area contributed by atoms with Crippen molar-refractivity contribution >= 4 is 33.8 Å². The molecule has 3 aromatic rings. The Labute approximate surface area is 173 Å². The zero-order chi connectivity index (χ0) is 20.4. The lowest BCUT2D eigenvalue weighted by Crippen LogP contribution is -2.38. The first-order valence-corrected chi connectivity index (χ1v) is 10.2. The van der Waals surface area contributed by atoms with Crippen LogP contribution in [0.5, 0.6) is 5.75 Å². The van der Waals surface area contributed by atoms with Crippen LogP contribution in [0, 0.1) is 5.92 Å². The van der Waals surface area contributed by atoms with Gasteiger partial charge in [0.05, 0.1) is 47.3 Å². The van der Waals surface area contributed by atoms with E-state index in [1.54, 1.807) is 18.8 Å². The third kappa shape index (κ3) is 4.39. The number of amides is 1. The Morgan fingerprint density at radius 2 is 2.17 bits per heavy atom. The topological polar surface area (TPSA) is 82.6 Å². The molecule has 8 heteroatoms. The Morgan fingerprint density at radius 1 is 1.34 bits per heavy atom. The Kier molecular flexibility index (Phi) is 5.49. The van der Waals surface area contributed by atoms with E-state index in [1.165, 1.54) is 11.3 Å². The third-order valence-corrected chi connectivity index (χ3v) is 5.41. The predicted molar refractivity (Wildman–Crippen MR) is 112 cm³/mol. The number of nitrogens with zero attached hydrogens (tertiary/aromatic N) is 2. The van der Waals surface area contributed by atoms with Crippen molar-refractivity contribution < 1.29 is 19.0 Å². The number of anilines is 1. The van der Waals surface area contributed by atoms with Gasteiger partial charge in [-0.2, -0.15) is 0 Å². The molecular formula is C21H23N3O4S. The molecule has 4 rings (SSSR count). The number of methoxy groups -OCH3 is 1. The van der Waals surface area contributed by atoms with Gasteiger partial charge in [-0.1, -0.05) is 0 Å². The molecule has 1 aliphatic rings. The average molecular weight is 413 g/mol. The minimum atomic E-state index is -0.531. The highest BCUT2D eigenvalue weighted by Crippen LogP contribution is 2.35. The second-order valence-electron chi connectivity index (χ2n) is 7.62. The van der Waals surface area contributed by atoms with E-state index in [0.29, 0.717) is 31.3 Å². The van der Waals surface area contributed by atoms with Crippen LogP contribution in [-0.2, 0) is 14.3 Å². The molecule has 0 saturated carbocycles. The molecule has 0 unspecified atom stereocenters. The molecule has 7 nitrogen and oxygen atoms in total. The first kappa shape index (κ1) is 19.8. The number of ether oxygens (including phenoxy) is 3. The van der Waals surface area contributed by atoms with E-state index < -0.39 is 5.60 Å². The van der Waals surface area contributed by atoms with Crippen LogP contribution in [0.25, 0.3) is 21.5 Å². The van der Waals surface area contributed by atoms with E-state index in [1.807, 2.05) is 38.1 Å². The maximum atomic E-state index is 12.3. The minimum Gasteiger partial charge on any atom is -0.485 e. The number of fused-ring (bicyclic) bond motifs is 1. The number of pyridine rings is 1. The first-order chi connectivity index (χ1) is 13.9. The number of aromatic nitrogens is 2. The molecule has 1 amide bonds. The summed E-state index contributed by atoms with van der Waals surface area (Å²) in [6.45, 7) is 5.32. The summed E-state index contributed by atoms with van der Waals surface area (Å²) < 4.78 is 16.7. The van der Waals surface area contributed by atoms with Gasteiger partial charge in [-0.05, 0) is 32.0 Å². The fourth-order valence-corrected chi connectivity index (χ4v) is 3.71. The van der Waals surface area contributed by atoms with Crippen LogP contribution in [0.1, 0.15) is 13.8 Å². The number of carbonyl (C=O) groups is 1. The fraction of sp³-hybridized carbons (Fsp3) is 0.381. The number of hydrogen-bond donors (Lipinski definition) is 1. The van der Waals surface area contributed by atoms with Gasteiger partial charge in [0.25, 0.3) is 0 Å². The smallest absolute Gasteiger partial charge is 0.232 e. The zero-order valence-electron chi connectivity index (χ0n) is 16.6. The number of rotatable bonds is 7. The molecule has 0 spiro atoms. The summed E-state index contributed by atoms with van der Waals surface area (Å²) in [7, 11) is 1.65. The molecular weight excluding hydrogens is 390 g/mol. The molecule has 1 N–H and O–H groups in total. The number of carbonyl (C=O) groups excluding carboxylic acids is 1. The number of nitrogens with one attached hydrogen (secondary N) is 1. The van der Waals surface area contributed by atoms with Crippen molar-refractivity contribution in [1.82, 2.24) is 9.97 Å². The molecule has 1 fully saturated rings. The largest absolute Gasteiger partial charge is 0.485 e. The van der Waals surface area contributed by atoms with Gasteiger partial charge in [-0.25, -0.2) is 4.98 Å². The van der Waals surface area contributed by atoms with Gasteiger partial charge in [0.1, 0.15) is 11.4 Å². The summed E-state index contributed by atoms with van der Waals surface area (Å²) in [5, 5.41) is 3.78. The van der Waals surface area contributed by atoms with Crippen molar-refractivity contribution in [1.29, 1.82) is 0 Å². The van der Waals surface area contributed by atoms with Crippen LogP contribution in [0.3, 0.4) is 0 Å². The van der Waals surface area contributed by atoms with E-state index in [-0.39, 0.29) is 11.8 Å². The molecule has 3 heterocycles. The number of benzene rings is 1. The predicted octanol–water partition coefficient (Wildman–Crippen LogP) is 3.75. The summed E-state index contributed by atoms with van der Waals surface area (Å²) in [6, 6.07) is 7.56. The van der Waals surface area contributed by atoms with Crippen molar-refractivity contribution in [3.63, 3.8) is 0 Å². The summed E-state index contributed by atoms with van der Waals surface area (Å²) in [5.74, 6) is 0.560. The Bertz CT molecular complexity index is 1020. The molecule has 1 aromatic carbocycles. The Morgan fingerprint density at radius 3 is 2.83 bits per heavy atom. The molecule has 0 bridgehead atoms. The van der Waals surface area contributed by atoms with Gasteiger partial charge in [0, 0.05) is 30.4 Å². The average Bonchev–Trinajstić information content (AvgIpc) is 3.14. The molecule has 1 saturated heterocycles. The number of thiazole rings is 1. The van der Waals surface area contributed by atoms with Gasteiger partial charge in [-0.15, -0.1) is 11.3 Å². The molecule has 29 heavy (non-hydrogen) atoms. The van der Waals surface area contributed by atoms with E-state index in [9.17, 15) is 4.79 Å². The Hall–Kier alpha value is -2.55. The quantitative estimate of drug-likeness (QED) is 0.635. The maximum absolute atomic E-state index is 12.3. The lowest BCUT2D eigenvalue weighted by atomic mass is 10.1. The molecule has 152 valence electrons. The first-order valence-electron chi connectivity index (χ1n) is 9.35. The fourth-order valence-electron chi connectivity index (χ4n) is 3.13. The van der Waals surface area contributed by atoms with E-state index in [2.05, 4.69) is 10.3 Å². The van der Waals surface area contributed by atoms with Crippen molar-refractivity contribution in [2.24, 2.45) is 5.92 Å². The maximum Gasteiger partial charge on any atom is 0.232 e. The van der Waals surface area contributed by atoms with Crippen molar-refractivity contribution in [2.45, 2.75) is 19.4 Å². The standard InChI is InChI=1S/C21H23N3O4S/c1-21(2,11-26-3)28-18-7-17(19-8-22-12-29-19)24-16-5-4-14(6-15(16)18)23-20(25)13-9-27-10-13/h4-8,12-13H,9-11H2,1-3H3,(H,23,25). The lowest BCUT2D eigenvalue weighted by molar-refractivity contribution is -0.133. The highest BCUT2D eigenvalue weighted by Gasteiger charge is 2.27. The third-order valence-electron chi connectivity index (χ3n) is 4.61. The lowest BCUT2D eigenvalue weighted by Gasteiger charge is -2.27. The van der Waals surface area contributed by atoms with Gasteiger partial charge < -0.3 is 19.5 Å². The van der Waals surface area contributed by atoms with Crippen LogP contribution in [0.4, 0.5) is 5.69 Å². The SMILES string of the molecule is COCC(C)(C)Oc1cc(-c2cncs2)nc2ccc(NC(=O)C3COC3)cc12. The highest BCUT2D eigenvalue weighted by atomic mass is 32.1. The monoisotopic (exact) mass is 413 g/mol.